The van der Waals surface area contributed by atoms with E-state index in [1.807, 2.05) is 18.9 Å². The van der Waals surface area contributed by atoms with Crippen molar-refractivity contribution >= 4 is 28.7 Å². The number of hydrogen-bond donors (Lipinski definition) is 0. The number of anilines is 1. The quantitative estimate of drug-likeness (QED) is 0.466. The van der Waals surface area contributed by atoms with E-state index in [-0.39, 0.29) is 5.41 Å². The normalized spacial score (nSPS) is 12.6. The Bertz CT molecular complexity index is 704. The fraction of sp³-hybridized carbons (Fsp3) is 0.696. The van der Waals surface area contributed by atoms with Gasteiger partial charge in [-0.15, -0.1) is 0 Å². The first-order valence-corrected chi connectivity index (χ1v) is 11.5. The maximum atomic E-state index is 5.02. The van der Waals surface area contributed by atoms with Gasteiger partial charge >= 0.3 is 0 Å². The van der Waals surface area contributed by atoms with E-state index in [1.54, 1.807) is 7.11 Å². The van der Waals surface area contributed by atoms with Crippen LogP contribution in [-0.2, 0) is 16.7 Å². The summed E-state index contributed by atoms with van der Waals surface area (Å²) in [5, 5.41) is 0. The average Bonchev–Trinajstić information content (AvgIpc) is 3.04. The predicted molar refractivity (Wildman–Crippen MR) is 127 cm³/mol. The predicted octanol–water partition coefficient (Wildman–Crippen LogP) is 6.53. The molecule has 1 atom stereocenters. The molecule has 0 bridgehead atoms. The van der Waals surface area contributed by atoms with Gasteiger partial charge in [-0.3, -0.25) is 0 Å². The molecule has 0 saturated heterocycles. The minimum atomic E-state index is 0.0511. The monoisotopic (exact) mass is 407 g/mol. The molecule has 2 aromatic rings. The van der Waals surface area contributed by atoms with Crippen LogP contribution in [0.5, 0.6) is 0 Å². The highest BCUT2D eigenvalue weighted by atomic mass is 32.2. The third kappa shape index (κ3) is 7.00. The molecule has 160 valence electrons. The van der Waals surface area contributed by atoms with Gasteiger partial charge in [0.05, 0.1) is 11.0 Å². The summed E-state index contributed by atoms with van der Waals surface area (Å²) in [5.41, 5.74) is 3.66. The molecular formula is C23H41N3OS. The van der Waals surface area contributed by atoms with Gasteiger partial charge in [0.1, 0.15) is 5.82 Å². The summed E-state index contributed by atoms with van der Waals surface area (Å²) in [6.45, 7) is 17.4. The molecule has 0 aliphatic rings. The van der Waals surface area contributed by atoms with Gasteiger partial charge in [-0.1, -0.05) is 59.9 Å². The highest BCUT2D eigenvalue weighted by molar-refractivity contribution is 8.00. The number of aromatic nitrogens is 2. The molecule has 5 heteroatoms. The van der Waals surface area contributed by atoms with Gasteiger partial charge < -0.3 is 13.6 Å². The first-order valence-electron chi connectivity index (χ1n) is 10.6. The zero-order valence-electron chi connectivity index (χ0n) is 19.5. The Morgan fingerprint density at radius 1 is 1.21 bits per heavy atom. The topological polar surface area (TPSA) is 30.3 Å². The minimum Gasteiger partial charge on any atom is -0.385 e. The first kappa shape index (κ1) is 24.8. The fourth-order valence-corrected chi connectivity index (χ4v) is 3.53. The van der Waals surface area contributed by atoms with Crippen molar-refractivity contribution in [2.75, 3.05) is 30.8 Å². The molecule has 0 amide bonds. The van der Waals surface area contributed by atoms with Crippen molar-refractivity contribution in [1.82, 2.24) is 9.55 Å². The summed E-state index contributed by atoms with van der Waals surface area (Å²) < 4.78 is 9.24. The van der Waals surface area contributed by atoms with E-state index in [0.29, 0.717) is 5.92 Å². The molecule has 2 rings (SSSR count). The number of benzene rings is 1. The molecule has 1 unspecified atom stereocenters. The minimum absolute atomic E-state index is 0.0511. The molecule has 1 heterocycles. The van der Waals surface area contributed by atoms with E-state index < -0.39 is 0 Å². The van der Waals surface area contributed by atoms with Crippen molar-refractivity contribution in [3.05, 3.63) is 24.0 Å². The smallest absolute Gasteiger partial charge is 0.115 e. The van der Waals surface area contributed by atoms with E-state index in [0.717, 1.165) is 24.4 Å². The number of rotatable bonds is 8. The summed E-state index contributed by atoms with van der Waals surface area (Å²) in [7, 11) is 3.82. The summed E-state index contributed by atoms with van der Waals surface area (Å²) in [6.07, 6.45) is 2.38. The van der Waals surface area contributed by atoms with Gasteiger partial charge in [0.25, 0.3) is 0 Å². The van der Waals surface area contributed by atoms with Crippen LogP contribution in [-0.4, -0.2) is 36.1 Å². The van der Waals surface area contributed by atoms with E-state index in [9.17, 15) is 0 Å². The third-order valence-corrected chi connectivity index (χ3v) is 5.92. The van der Waals surface area contributed by atoms with Gasteiger partial charge in [-0.05, 0) is 37.5 Å². The Kier molecular flexibility index (Phi) is 10.4. The zero-order chi connectivity index (χ0) is 21.3. The molecule has 0 aliphatic carbocycles. The lowest BCUT2D eigenvalue weighted by Gasteiger charge is -2.22. The maximum absolute atomic E-state index is 5.02. The lowest BCUT2D eigenvalue weighted by molar-refractivity contribution is 0.215. The molecule has 1 aromatic heterocycles. The van der Waals surface area contributed by atoms with Crippen molar-refractivity contribution < 1.29 is 4.74 Å². The summed E-state index contributed by atoms with van der Waals surface area (Å²) >= 11 is 1.87. The van der Waals surface area contributed by atoms with E-state index in [2.05, 4.69) is 80.4 Å². The maximum Gasteiger partial charge on any atom is 0.115 e. The Morgan fingerprint density at radius 2 is 1.86 bits per heavy atom. The molecule has 0 saturated carbocycles. The second kappa shape index (κ2) is 11.7. The Morgan fingerprint density at radius 3 is 2.36 bits per heavy atom. The molecule has 0 radical (unpaired) electrons. The van der Waals surface area contributed by atoms with Crippen LogP contribution < -0.4 is 4.31 Å². The van der Waals surface area contributed by atoms with E-state index in [4.69, 9.17) is 4.98 Å². The Balaban J connectivity index is 0.000000892. The second-order valence-corrected chi connectivity index (χ2v) is 9.60. The second-order valence-electron chi connectivity index (χ2n) is 8.39. The number of hydrogen-bond acceptors (Lipinski definition) is 4. The highest BCUT2D eigenvalue weighted by Crippen LogP contribution is 2.31. The van der Waals surface area contributed by atoms with Crippen LogP contribution in [0.3, 0.4) is 0 Å². The molecule has 28 heavy (non-hydrogen) atoms. The Labute approximate surface area is 177 Å². The molecule has 0 fully saturated rings. The van der Waals surface area contributed by atoms with Gasteiger partial charge in [0, 0.05) is 44.2 Å². The molecule has 1 aromatic carbocycles. The van der Waals surface area contributed by atoms with Crippen LogP contribution in [0.4, 0.5) is 5.69 Å². The van der Waals surface area contributed by atoms with Crippen LogP contribution >= 0.6 is 11.9 Å². The van der Waals surface area contributed by atoms with Gasteiger partial charge in [-0.25, -0.2) is 4.98 Å². The van der Waals surface area contributed by atoms with Crippen molar-refractivity contribution in [2.45, 2.75) is 73.3 Å². The summed E-state index contributed by atoms with van der Waals surface area (Å²) in [6, 6.07) is 6.71. The largest absolute Gasteiger partial charge is 0.385 e. The number of methoxy groups -OCH3 is 1. The molecule has 0 spiro atoms. The highest BCUT2D eigenvalue weighted by Gasteiger charge is 2.23. The molecule has 0 aliphatic heterocycles. The number of ether oxygens (including phenoxy) is 1. The Hall–Kier alpha value is -1.20. The van der Waals surface area contributed by atoms with Gasteiger partial charge in [0.15, 0.2) is 0 Å². The SMILES string of the molecule is CCCSN(C)c1ccc2c(c1)nc(C(C)(C)C)n2CC(C)CC.CCOC. The standard InChI is InChI=1S/C20H33N3S.C3H8O/c1-8-12-24-22(7)16-10-11-18-17(13-16)21-19(20(4,5)6)23(18)14-15(3)9-2;1-3-4-2/h10-11,13,15H,8-9,12,14H2,1-7H3;3H2,1-2H3. The molecular weight excluding hydrogens is 366 g/mol. The van der Waals surface area contributed by atoms with Crippen molar-refractivity contribution in [2.24, 2.45) is 5.92 Å². The van der Waals surface area contributed by atoms with Crippen LogP contribution in [0.25, 0.3) is 11.0 Å². The number of nitrogens with zero attached hydrogens (tertiary/aromatic N) is 3. The number of fused-ring (bicyclic) bond motifs is 1. The van der Waals surface area contributed by atoms with Crippen molar-refractivity contribution in [3.8, 4) is 0 Å². The van der Waals surface area contributed by atoms with Crippen molar-refractivity contribution in [3.63, 3.8) is 0 Å². The third-order valence-electron chi connectivity index (χ3n) is 4.74. The molecule has 0 N–H and O–H groups in total. The molecule has 4 nitrogen and oxygen atoms in total. The van der Waals surface area contributed by atoms with Crippen LogP contribution in [0.1, 0.15) is 67.1 Å². The lowest BCUT2D eigenvalue weighted by Crippen LogP contribution is -2.21. The van der Waals surface area contributed by atoms with Crippen LogP contribution in [0, 0.1) is 5.92 Å². The van der Waals surface area contributed by atoms with Crippen LogP contribution in [0.15, 0.2) is 18.2 Å². The summed E-state index contributed by atoms with van der Waals surface area (Å²) in [5.74, 6) is 2.99. The average molecular weight is 408 g/mol. The van der Waals surface area contributed by atoms with E-state index in [1.165, 1.54) is 29.9 Å². The first-order chi connectivity index (χ1) is 13.2. The lowest BCUT2D eigenvalue weighted by atomic mass is 9.95. The van der Waals surface area contributed by atoms with Gasteiger partial charge in [0.2, 0.25) is 0 Å². The summed E-state index contributed by atoms with van der Waals surface area (Å²) in [4.78, 5) is 5.02. The number of imidazole rings is 1. The zero-order valence-corrected chi connectivity index (χ0v) is 20.3. The van der Waals surface area contributed by atoms with Gasteiger partial charge in [-0.2, -0.15) is 0 Å². The van der Waals surface area contributed by atoms with E-state index >= 15 is 0 Å². The van der Waals surface area contributed by atoms with Crippen molar-refractivity contribution in [1.29, 1.82) is 0 Å². The van der Waals surface area contributed by atoms with Crippen LogP contribution in [0.2, 0.25) is 0 Å². The fourth-order valence-electron chi connectivity index (χ4n) is 2.81.